The fourth-order valence-corrected chi connectivity index (χ4v) is 3.01. The lowest BCUT2D eigenvalue weighted by atomic mass is 9.83. The molecule has 22 heavy (non-hydrogen) atoms. The fraction of sp³-hybridized carbons (Fsp3) is 0.235. The van der Waals surface area contributed by atoms with E-state index in [4.69, 9.17) is 4.74 Å². The van der Waals surface area contributed by atoms with E-state index in [9.17, 15) is 4.79 Å². The molecule has 110 valence electrons. The van der Waals surface area contributed by atoms with Gasteiger partial charge < -0.3 is 4.74 Å². The van der Waals surface area contributed by atoms with Crippen LogP contribution in [0.2, 0.25) is 0 Å². The van der Waals surface area contributed by atoms with Crippen LogP contribution in [-0.2, 0) is 16.8 Å². The third kappa shape index (κ3) is 1.82. The lowest BCUT2D eigenvalue weighted by molar-refractivity contribution is -0.137. The Bertz CT molecular complexity index is 882. The SMILES string of the molecule is CC1(C)C(=O)Oc2ccc3ccc(Cn4cncn4)cc3c21. The number of esters is 1. The van der Waals surface area contributed by atoms with Gasteiger partial charge in [-0.3, -0.25) is 4.79 Å². The smallest absolute Gasteiger partial charge is 0.321 e. The first-order chi connectivity index (χ1) is 10.6. The second kappa shape index (κ2) is 4.40. The van der Waals surface area contributed by atoms with E-state index >= 15 is 0 Å². The molecule has 1 aliphatic heterocycles. The van der Waals surface area contributed by atoms with Crippen molar-refractivity contribution < 1.29 is 9.53 Å². The normalized spacial score (nSPS) is 15.8. The molecule has 0 spiro atoms. The van der Waals surface area contributed by atoms with E-state index in [1.807, 2.05) is 26.0 Å². The zero-order valence-electron chi connectivity index (χ0n) is 12.4. The first-order valence-corrected chi connectivity index (χ1v) is 7.16. The Balaban J connectivity index is 1.89. The molecule has 0 amide bonds. The molecular weight excluding hydrogens is 278 g/mol. The van der Waals surface area contributed by atoms with Gasteiger partial charge >= 0.3 is 5.97 Å². The topological polar surface area (TPSA) is 57.0 Å². The summed E-state index contributed by atoms with van der Waals surface area (Å²) in [6.07, 6.45) is 3.21. The van der Waals surface area contributed by atoms with Crippen LogP contribution in [0.5, 0.6) is 5.75 Å². The molecule has 1 aromatic heterocycles. The molecule has 2 aromatic carbocycles. The molecule has 0 atom stereocenters. The minimum Gasteiger partial charge on any atom is -0.426 e. The Kier molecular flexibility index (Phi) is 2.60. The number of aromatic nitrogens is 3. The van der Waals surface area contributed by atoms with Gasteiger partial charge in [0, 0.05) is 5.56 Å². The number of benzene rings is 2. The minimum absolute atomic E-state index is 0.198. The summed E-state index contributed by atoms with van der Waals surface area (Å²) in [6.45, 7) is 4.46. The van der Waals surface area contributed by atoms with E-state index in [2.05, 4.69) is 28.3 Å². The van der Waals surface area contributed by atoms with Gasteiger partial charge in [-0.15, -0.1) is 0 Å². The summed E-state index contributed by atoms with van der Waals surface area (Å²) in [5, 5.41) is 6.30. The highest BCUT2D eigenvalue weighted by molar-refractivity contribution is 6.00. The van der Waals surface area contributed by atoms with Crippen molar-refractivity contribution in [1.29, 1.82) is 0 Å². The van der Waals surface area contributed by atoms with Crippen LogP contribution in [0.3, 0.4) is 0 Å². The van der Waals surface area contributed by atoms with Crippen LogP contribution in [0.1, 0.15) is 25.0 Å². The highest BCUT2D eigenvalue weighted by Gasteiger charge is 2.42. The van der Waals surface area contributed by atoms with Crippen molar-refractivity contribution in [3.05, 3.63) is 54.1 Å². The van der Waals surface area contributed by atoms with Gasteiger partial charge in [-0.2, -0.15) is 5.10 Å². The van der Waals surface area contributed by atoms with E-state index < -0.39 is 5.41 Å². The van der Waals surface area contributed by atoms with E-state index in [0.29, 0.717) is 12.3 Å². The van der Waals surface area contributed by atoms with Crippen molar-refractivity contribution >= 4 is 16.7 Å². The Morgan fingerprint density at radius 2 is 2.05 bits per heavy atom. The molecule has 3 aromatic rings. The molecule has 2 heterocycles. The monoisotopic (exact) mass is 293 g/mol. The van der Waals surface area contributed by atoms with Crippen molar-refractivity contribution in [3.8, 4) is 5.75 Å². The van der Waals surface area contributed by atoms with E-state index in [1.165, 1.54) is 6.33 Å². The molecule has 4 rings (SSSR count). The summed E-state index contributed by atoms with van der Waals surface area (Å²) in [7, 11) is 0. The summed E-state index contributed by atoms with van der Waals surface area (Å²) in [5.74, 6) is 0.470. The molecule has 0 aliphatic carbocycles. The van der Waals surface area contributed by atoms with Crippen LogP contribution >= 0.6 is 0 Å². The number of hydrogen-bond donors (Lipinski definition) is 0. The maximum Gasteiger partial charge on any atom is 0.321 e. The minimum atomic E-state index is -0.624. The van der Waals surface area contributed by atoms with Gasteiger partial charge in [-0.1, -0.05) is 18.2 Å². The number of ether oxygens (including phenoxy) is 1. The summed E-state index contributed by atoms with van der Waals surface area (Å²) >= 11 is 0. The quantitative estimate of drug-likeness (QED) is 0.538. The van der Waals surface area contributed by atoms with Gasteiger partial charge in [0.05, 0.1) is 12.0 Å². The maximum absolute atomic E-state index is 12.1. The molecule has 0 saturated carbocycles. The average Bonchev–Trinajstić information content (AvgIpc) is 3.06. The number of nitrogens with zero attached hydrogens (tertiary/aromatic N) is 3. The Morgan fingerprint density at radius 3 is 2.82 bits per heavy atom. The third-order valence-corrected chi connectivity index (χ3v) is 4.20. The van der Waals surface area contributed by atoms with Gasteiger partial charge in [0.2, 0.25) is 0 Å². The van der Waals surface area contributed by atoms with Crippen LogP contribution in [0.25, 0.3) is 10.8 Å². The van der Waals surface area contributed by atoms with Crippen molar-refractivity contribution in [1.82, 2.24) is 14.8 Å². The molecule has 5 nitrogen and oxygen atoms in total. The van der Waals surface area contributed by atoms with Gasteiger partial charge in [0.25, 0.3) is 0 Å². The van der Waals surface area contributed by atoms with Gasteiger partial charge in [-0.25, -0.2) is 9.67 Å². The standard InChI is InChI=1S/C17H15N3O2/c1-17(2)15-13-7-11(8-20-10-18-9-19-20)3-4-12(13)5-6-14(15)22-16(17)21/h3-7,9-10H,8H2,1-2H3. The van der Waals surface area contributed by atoms with Crippen molar-refractivity contribution in [2.75, 3.05) is 0 Å². The maximum atomic E-state index is 12.1. The second-order valence-corrected chi connectivity index (χ2v) is 6.10. The van der Waals surface area contributed by atoms with Crippen LogP contribution in [-0.4, -0.2) is 20.7 Å². The van der Waals surface area contributed by atoms with Gasteiger partial charge in [0.15, 0.2) is 0 Å². The van der Waals surface area contributed by atoms with Crippen LogP contribution in [0.15, 0.2) is 43.0 Å². The average molecular weight is 293 g/mol. The predicted octanol–water partition coefficient (Wildman–Crippen LogP) is 2.68. The zero-order chi connectivity index (χ0) is 15.3. The van der Waals surface area contributed by atoms with Crippen molar-refractivity contribution in [2.24, 2.45) is 0 Å². The Hall–Kier alpha value is -2.69. The number of fused-ring (bicyclic) bond motifs is 3. The molecule has 5 heteroatoms. The first-order valence-electron chi connectivity index (χ1n) is 7.16. The highest BCUT2D eigenvalue weighted by atomic mass is 16.5. The van der Waals surface area contributed by atoms with E-state index in [1.54, 1.807) is 11.0 Å². The van der Waals surface area contributed by atoms with Gasteiger partial charge in [0.1, 0.15) is 18.4 Å². The summed E-state index contributed by atoms with van der Waals surface area (Å²) in [5.41, 5.74) is 1.46. The molecule has 0 fully saturated rings. The van der Waals surface area contributed by atoms with Gasteiger partial charge in [-0.05, 0) is 42.3 Å². The summed E-state index contributed by atoms with van der Waals surface area (Å²) in [4.78, 5) is 16.1. The van der Waals surface area contributed by atoms with Crippen LogP contribution in [0, 0.1) is 0 Å². The lowest BCUT2D eigenvalue weighted by Crippen LogP contribution is -2.26. The first kappa shape index (κ1) is 13.0. The largest absolute Gasteiger partial charge is 0.426 e. The van der Waals surface area contributed by atoms with Crippen molar-refractivity contribution in [3.63, 3.8) is 0 Å². The molecule has 0 radical (unpaired) electrons. The molecule has 0 N–H and O–H groups in total. The Morgan fingerprint density at radius 1 is 1.23 bits per heavy atom. The molecule has 1 aliphatic rings. The lowest BCUT2D eigenvalue weighted by Gasteiger charge is -2.16. The molecule has 0 saturated heterocycles. The highest BCUT2D eigenvalue weighted by Crippen LogP contribution is 2.43. The second-order valence-electron chi connectivity index (χ2n) is 6.10. The van der Waals surface area contributed by atoms with Crippen LogP contribution in [0.4, 0.5) is 0 Å². The number of hydrogen-bond acceptors (Lipinski definition) is 4. The number of carbonyl (C=O) groups is 1. The van der Waals surface area contributed by atoms with Crippen LogP contribution < -0.4 is 4.74 Å². The van der Waals surface area contributed by atoms with Crippen molar-refractivity contribution in [2.45, 2.75) is 25.8 Å². The predicted molar refractivity (Wildman–Crippen MR) is 81.7 cm³/mol. The van der Waals surface area contributed by atoms with E-state index in [-0.39, 0.29) is 5.97 Å². The Labute approximate surface area is 127 Å². The molecular formula is C17H15N3O2. The molecule has 0 bridgehead atoms. The number of rotatable bonds is 2. The number of carbonyl (C=O) groups excluding carboxylic acids is 1. The summed E-state index contributed by atoms with van der Waals surface area (Å²) in [6, 6.07) is 10.1. The van der Waals surface area contributed by atoms with E-state index in [0.717, 1.165) is 21.9 Å². The summed E-state index contributed by atoms with van der Waals surface area (Å²) < 4.78 is 7.18. The molecule has 0 unspecified atom stereocenters. The zero-order valence-corrected chi connectivity index (χ0v) is 12.4. The third-order valence-electron chi connectivity index (χ3n) is 4.20. The fourth-order valence-electron chi connectivity index (χ4n) is 3.01.